The van der Waals surface area contributed by atoms with E-state index in [-0.39, 0.29) is 12.5 Å². The third kappa shape index (κ3) is 3.59. The fraction of sp³-hybridized carbons (Fsp3) is 0.261. The number of nitrogens with one attached hydrogen (secondary N) is 1. The molecule has 1 aromatic heterocycles. The number of amides is 1. The second-order valence-electron chi connectivity index (χ2n) is 7.55. The molecule has 0 aliphatic carbocycles. The first-order valence-electron chi connectivity index (χ1n) is 10.1. The van der Waals surface area contributed by atoms with Crippen molar-refractivity contribution in [3.05, 3.63) is 64.4 Å². The summed E-state index contributed by atoms with van der Waals surface area (Å²) in [4.78, 5) is 12.8. The van der Waals surface area contributed by atoms with Crippen molar-refractivity contribution >= 4 is 29.3 Å². The first-order valence-corrected chi connectivity index (χ1v) is 10.5. The molecule has 0 unspecified atom stereocenters. The highest BCUT2D eigenvalue weighted by molar-refractivity contribution is 6.33. The number of rotatable bonds is 3. The maximum absolute atomic E-state index is 12.8. The van der Waals surface area contributed by atoms with Crippen LogP contribution in [0.3, 0.4) is 0 Å². The Bertz CT molecular complexity index is 1150. The standard InChI is InChI=1S/C23H21ClN4O2/c24-19-10-9-17(13-18(19)22-27-26-21-8-2-1-5-11-28(21)22)25-23(29)16-12-15-6-3-4-7-20(15)30-14-16/h3-4,6-7,9-10,12-13H,1-2,5,8,11,14H2,(H,25,29). The zero-order valence-corrected chi connectivity index (χ0v) is 17.2. The summed E-state index contributed by atoms with van der Waals surface area (Å²) in [5, 5.41) is 12.3. The summed E-state index contributed by atoms with van der Waals surface area (Å²) in [7, 11) is 0. The molecule has 2 aromatic carbocycles. The molecule has 0 fully saturated rings. The molecule has 1 N–H and O–H groups in total. The number of nitrogens with zero attached hydrogens (tertiary/aromatic N) is 3. The van der Waals surface area contributed by atoms with Gasteiger partial charge < -0.3 is 14.6 Å². The number of para-hydroxylation sites is 1. The van der Waals surface area contributed by atoms with Gasteiger partial charge in [-0.1, -0.05) is 36.2 Å². The lowest BCUT2D eigenvalue weighted by molar-refractivity contribution is -0.113. The summed E-state index contributed by atoms with van der Waals surface area (Å²) in [5.41, 5.74) is 2.90. The van der Waals surface area contributed by atoms with E-state index in [0.29, 0.717) is 16.3 Å². The quantitative estimate of drug-likeness (QED) is 0.664. The molecule has 1 amide bonds. The number of carbonyl (C=O) groups is 1. The van der Waals surface area contributed by atoms with Crippen LogP contribution in [0.15, 0.2) is 48.0 Å². The van der Waals surface area contributed by atoms with Gasteiger partial charge in [-0.15, -0.1) is 10.2 Å². The zero-order valence-electron chi connectivity index (χ0n) is 16.4. The highest BCUT2D eigenvalue weighted by atomic mass is 35.5. The summed E-state index contributed by atoms with van der Waals surface area (Å²) < 4.78 is 7.85. The predicted octanol–water partition coefficient (Wildman–Crippen LogP) is 4.74. The van der Waals surface area contributed by atoms with Crippen molar-refractivity contribution in [3.63, 3.8) is 0 Å². The molecule has 0 atom stereocenters. The maximum atomic E-state index is 12.8. The van der Waals surface area contributed by atoms with Crippen LogP contribution in [-0.4, -0.2) is 27.3 Å². The number of hydrogen-bond acceptors (Lipinski definition) is 4. The Balaban J connectivity index is 1.42. The van der Waals surface area contributed by atoms with Crippen LogP contribution >= 0.6 is 11.6 Å². The first kappa shape index (κ1) is 18.9. The van der Waals surface area contributed by atoms with Crippen LogP contribution in [0.5, 0.6) is 5.75 Å². The van der Waals surface area contributed by atoms with Gasteiger partial charge in [-0.05, 0) is 43.2 Å². The lowest BCUT2D eigenvalue weighted by atomic mass is 10.1. The number of halogens is 1. The van der Waals surface area contributed by atoms with Crippen LogP contribution in [0.1, 0.15) is 30.7 Å². The summed E-state index contributed by atoms with van der Waals surface area (Å²) in [6, 6.07) is 13.1. The molecule has 0 saturated heterocycles. The molecule has 3 heterocycles. The van der Waals surface area contributed by atoms with E-state index in [1.54, 1.807) is 12.1 Å². The van der Waals surface area contributed by atoms with Crippen LogP contribution in [-0.2, 0) is 17.8 Å². The van der Waals surface area contributed by atoms with Gasteiger partial charge in [0, 0.05) is 29.8 Å². The van der Waals surface area contributed by atoms with E-state index >= 15 is 0 Å². The van der Waals surface area contributed by atoms with Gasteiger partial charge in [0.25, 0.3) is 5.91 Å². The largest absolute Gasteiger partial charge is 0.488 e. The van der Waals surface area contributed by atoms with E-state index in [0.717, 1.165) is 54.3 Å². The molecule has 6 nitrogen and oxygen atoms in total. The van der Waals surface area contributed by atoms with Crippen LogP contribution in [0.2, 0.25) is 5.02 Å². The summed E-state index contributed by atoms with van der Waals surface area (Å²) in [5.74, 6) is 2.34. The minimum atomic E-state index is -0.196. The summed E-state index contributed by atoms with van der Waals surface area (Å²) in [6.07, 6.45) is 6.21. The molecule has 7 heteroatoms. The van der Waals surface area contributed by atoms with Crippen molar-refractivity contribution < 1.29 is 9.53 Å². The fourth-order valence-electron chi connectivity index (χ4n) is 3.92. The van der Waals surface area contributed by atoms with Gasteiger partial charge in [0.05, 0.1) is 10.6 Å². The summed E-state index contributed by atoms with van der Waals surface area (Å²) in [6.45, 7) is 1.12. The third-order valence-corrected chi connectivity index (χ3v) is 5.83. The van der Waals surface area contributed by atoms with E-state index < -0.39 is 0 Å². The molecular formula is C23H21ClN4O2. The Morgan fingerprint density at radius 3 is 2.93 bits per heavy atom. The minimum absolute atomic E-state index is 0.196. The van der Waals surface area contributed by atoms with E-state index in [9.17, 15) is 4.79 Å². The lowest BCUT2D eigenvalue weighted by Gasteiger charge is -2.17. The van der Waals surface area contributed by atoms with Gasteiger partial charge in [0.15, 0.2) is 5.82 Å². The van der Waals surface area contributed by atoms with Crippen molar-refractivity contribution in [1.82, 2.24) is 14.8 Å². The molecule has 0 spiro atoms. The Morgan fingerprint density at radius 1 is 1.10 bits per heavy atom. The fourth-order valence-corrected chi connectivity index (χ4v) is 4.12. The second kappa shape index (κ2) is 7.95. The average molecular weight is 421 g/mol. The number of carbonyl (C=O) groups excluding carboxylic acids is 1. The molecule has 30 heavy (non-hydrogen) atoms. The number of ether oxygens (including phenoxy) is 1. The number of benzene rings is 2. The number of hydrogen-bond donors (Lipinski definition) is 1. The van der Waals surface area contributed by atoms with Gasteiger partial charge in [0.2, 0.25) is 0 Å². The van der Waals surface area contributed by atoms with Crippen LogP contribution in [0.25, 0.3) is 17.5 Å². The van der Waals surface area contributed by atoms with Crippen LogP contribution in [0.4, 0.5) is 5.69 Å². The highest BCUT2D eigenvalue weighted by Crippen LogP contribution is 2.32. The van der Waals surface area contributed by atoms with Crippen molar-refractivity contribution in [2.24, 2.45) is 0 Å². The first-order chi connectivity index (χ1) is 14.7. The maximum Gasteiger partial charge on any atom is 0.255 e. The SMILES string of the molecule is O=C(Nc1ccc(Cl)c(-c2nnc3n2CCCCC3)c1)C1=Cc2ccccc2OC1. The van der Waals surface area contributed by atoms with Gasteiger partial charge in [0.1, 0.15) is 18.2 Å². The number of anilines is 1. The number of aryl methyl sites for hydroxylation is 1. The van der Waals surface area contributed by atoms with Gasteiger partial charge in [-0.3, -0.25) is 4.79 Å². The highest BCUT2D eigenvalue weighted by Gasteiger charge is 2.20. The van der Waals surface area contributed by atoms with Crippen molar-refractivity contribution in [3.8, 4) is 17.1 Å². The van der Waals surface area contributed by atoms with Crippen LogP contribution < -0.4 is 10.1 Å². The second-order valence-corrected chi connectivity index (χ2v) is 7.95. The van der Waals surface area contributed by atoms with E-state index in [4.69, 9.17) is 16.3 Å². The molecular weight excluding hydrogens is 400 g/mol. The molecule has 3 aromatic rings. The van der Waals surface area contributed by atoms with Crippen molar-refractivity contribution in [1.29, 1.82) is 0 Å². The Hall–Kier alpha value is -3.12. The summed E-state index contributed by atoms with van der Waals surface area (Å²) >= 11 is 6.49. The average Bonchev–Trinajstić information content (AvgIpc) is 3.02. The Kier molecular flexibility index (Phi) is 5.01. The molecule has 0 saturated carbocycles. The molecule has 2 aliphatic rings. The predicted molar refractivity (Wildman–Crippen MR) is 117 cm³/mol. The van der Waals surface area contributed by atoms with Gasteiger partial charge in [-0.25, -0.2) is 0 Å². The Labute approximate surface area is 179 Å². The van der Waals surface area contributed by atoms with Crippen LogP contribution in [0, 0.1) is 0 Å². The molecule has 0 radical (unpaired) electrons. The minimum Gasteiger partial charge on any atom is -0.488 e. The molecule has 152 valence electrons. The number of aromatic nitrogens is 3. The molecule has 0 bridgehead atoms. The monoisotopic (exact) mass is 420 g/mol. The van der Waals surface area contributed by atoms with E-state index in [2.05, 4.69) is 20.1 Å². The van der Waals surface area contributed by atoms with Crippen molar-refractivity contribution in [2.45, 2.75) is 32.2 Å². The van der Waals surface area contributed by atoms with E-state index in [1.807, 2.05) is 36.4 Å². The smallest absolute Gasteiger partial charge is 0.255 e. The zero-order chi connectivity index (χ0) is 20.5. The normalized spacial score (nSPS) is 15.3. The number of fused-ring (bicyclic) bond motifs is 2. The van der Waals surface area contributed by atoms with Crippen molar-refractivity contribution in [2.75, 3.05) is 11.9 Å². The molecule has 5 rings (SSSR count). The Morgan fingerprint density at radius 2 is 2.00 bits per heavy atom. The van der Waals surface area contributed by atoms with Gasteiger partial charge in [-0.2, -0.15) is 0 Å². The van der Waals surface area contributed by atoms with E-state index in [1.165, 1.54) is 6.42 Å². The topological polar surface area (TPSA) is 69.0 Å². The van der Waals surface area contributed by atoms with Gasteiger partial charge >= 0.3 is 0 Å². The third-order valence-electron chi connectivity index (χ3n) is 5.50. The molecule has 2 aliphatic heterocycles. The lowest BCUT2D eigenvalue weighted by Crippen LogP contribution is -2.21.